The Bertz CT molecular complexity index is 1060. The molecule has 0 unspecified atom stereocenters. The molecule has 3 rings (SSSR count). The smallest absolute Gasteiger partial charge is 0.243 e. The molecule has 0 aromatic heterocycles. The van der Waals surface area contributed by atoms with Gasteiger partial charge in [-0.2, -0.15) is 0 Å². The third kappa shape index (κ3) is 7.14. The molecule has 0 bridgehead atoms. The Morgan fingerprint density at radius 3 is 2.55 bits per heavy atom. The van der Waals surface area contributed by atoms with Gasteiger partial charge >= 0.3 is 0 Å². The van der Waals surface area contributed by atoms with Crippen molar-refractivity contribution < 1.29 is 19.1 Å². The molecule has 174 valence electrons. The Morgan fingerprint density at radius 1 is 1.03 bits per heavy atom. The summed E-state index contributed by atoms with van der Waals surface area (Å²) < 4.78 is 20.6. The minimum Gasteiger partial charge on any atom is -0.489 e. The van der Waals surface area contributed by atoms with E-state index in [1.807, 2.05) is 42.3 Å². The van der Waals surface area contributed by atoms with Gasteiger partial charge in [-0.3, -0.25) is 10.0 Å². The zero-order chi connectivity index (χ0) is 23.6. The predicted octanol–water partition coefficient (Wildman–Crippen LogP) is 5.49. The van der Waals surface area contributed by atoms with E-state index in [2.05, 4.69) is 25.1 Å². The van der Waals surface area contributed by atoms with Crippen molar-refractivity contribution in [3.63, 3.8) is 0 Å². The number of hydroxylamine groups is 1. The lowest BCUT2D eigenvalue weighted by Gasteiger charge is -2.17. The summed E-state index contributed by atoms with van der Waals surface area (Å²) in [5, 5.41) is 8.51. The van der Waals surface area contributed by atoms with E-state index in [0.29, 0.717) is 30.9 Å². The third-order valence-corrected chi connectivity index (χ3v) is 5.71. The molecule has 0 fully saturated rings. The largest absolute Gasteiger partial charge is 0.489 e. The Balaban J connectivity index is 1.55. The molecule has 5 nitrogen and oxygen atoms in total. The molecule has 0 saturated carbocycles. The van der Waals surface area contributed by atoms with Gasteiger partial charge in [-0.25, -0.2) is 9.87 Å². The standard InChI is InChI=1S/C27H31FN2O3/c1-20-23(11-8-12-25(20)21-9-4-3-5-10-21)19-33-24-15-14-22(26(28)17-24)18-30(2)16-7-6-13-27(31)29-32/h3-5,8-12,14-15,17,32H,6-7,13,16,18-19H2,1-2H3,(H,29,31). The molecule has 2 N–H and O–H groups in total. The van der Waals surface area contributed by atoms with Crippen LogP contribution in [0.1, 0.15) is 36.0 Å². The zero-order valence-corrected chi connectivity index (χ0v) is 19.2. The number of rotatable bonds is 11. The lowest BCUT2D eigenvalue weighted by Crippen LogP contribution is -2.21. The Labute approximate surface area is 194 Å². The summed E-state index contributed by atoms with van der Waals surface area (Å²) in [6.45, 7) is 3.65. The summed E-state index contributed by atoms with van der Waals surface area (Å²) in [4.78, 5) is 13.0. The summed E-state index contributed by atoms with van der Waals surface area (Å²) in [5.41, 5.74) is 6.77. The zero-order valence-electron chi connectivity index (χ0n) is 19.2. The minimum atomic E-state index is -0.388. The molecule has 6 heteroatoms. The Kier molecular flexibility index (Phi) is 8.98. The van der Waals surface area contributed by atoms with Gasteiger partial charge in [0.1, 0.15) is 18.2 Å². The van der Waals surface area contributed by atoms with Crippen LogP contribution in [0.25, 0.3) is 11.1 Å². The van der Waals surface area contributed by atoms with Crippen molar-refractivity contribution in [1.29, 1.82) is 0 Å². The summed E-state index contributed by atoms with van der Waals surface area (Å²) in [6.07, 6.45) is 1.73. The van der Waals surface area contributed by atoms with Gasteiger partial charge < -0.3 is 9.64 Å². The van der Waals surface area contributed by atoms with E-state index in [4.69, 9.17) is 9.94 Å². The molecule has 3 aromatic carbocycles. The van der Waals surface area contributed by atoms with Crippen LogP contribution in [0.3, 0.4) is 0 Å². The molecule has 3 aromatic rings. The van der Waals surface area contributed by atoms with Crippen LogP contribution in [0.15, 0.2) is 66.7 Å². The van der Waals surface area contributed by atoms with E-state index in [1.54, 1.807) is 17.6 Å². The maximum absolute atomic E-state index is 14.7. The van der Waals surface area contributed by atoms with E-state index in [0.717, 1.165) is 29.7 Å². The van der Waals surface area contributed by atoms with Crippen LogP contribution in [-0.4, -0.2) is 29.6 Å². The van der Waals surface area contributed by atoms with Gasteiger partial charge in [0.15, 0.2) is 0 Å². The molecule has 0 aliphatic rings. The Morgan fingerprint density at radius 2 is 1.82 bits per heavy atom. The highest BCUT2D eigenvalue weighted by Gasteiger charge is 2.10. The van der Waals surface area contributed by atoms with Gasteiger partial charge in [0.05, 0.1) is 0 Å². The third-order valence-electron chi connectivity index (χ3n) is 5.71. The number of halogens is 1. The van der Waals surface area contributed by atoms with Gasteiger partial charge in [-0.05, 0) is 61.7 Å². The first-order valence-corrected chi connectivity index (χ1v) is 11.1. The van der Waals surface area contributed by atoms with E-state index < -0.39 is 0 Å². The van der Waals surface area contributed by atoms with Crippen LogP contribution < -0.4 is 10.2 Å². The Hall–Kier alpha value is -3.22. The second kappa shape index (κ2) is 12.1. The van der Waals surface area contributed by atoms with Crippen molar-refractivity contribution in [2.75, 3.05) is 13.6 Å². The SMILES string of the molecule is Cc1c(COc2ccc(CN(C)CCCCC(=O)NO)c(F)c2)cccc1-c1ccccc1. The molecule has 0 aliphatic carbocycles. The van der Waals surface area contributed by atoms with Crippen LogP contribution in [0.4, 0.5) is 4.39 Å². The van der Waals surface area contributed by atoms with Crippen molar-refractivity contribution in [2.45, 2.75) is 39.3 Å². The average molecular weight is 451 g/mol. The van der Waals surface area contributed by atoms with Gasteiger partial charge in [0.2, 0.25) is 5.91 Å². The van der Waals surface area contributed by atoms with Crippen molar-refractivity contribution in [2.24, 2.45) is 0 Å². The van der Waals surface area contributed by atoms with Gasteiger partial charge in [0, 0.05) is 24.6 Å². The molecular formula is C27H31FN2O3. The number of benzene rings is 3. The van der Waals surface area contributed by atoms with Crippen molar-refractivity contribution in [3.8, 4) is 16.9 Å². The maximum Gasteiger partial charge on any atom is 0.243 e. The van der Waals surface area contributed by atoms with Crippen LogP contribution >= 0.6 is 0 Å². The first-order chi connectivity index (χ1) is 16.0. The molecule has 0 atom stereocenters. The second-order valence-electron chi connectivity index (χ2n) is 8.23. The van der Waals surface area contributed by atoms with Gasteiger partial charge in [-0.15, -0.1) is 0 Å². The molecular weight excluding hydrogens is 419 g/mol. The molecule has 0 spiro atoms. The van der Waals surface area contributed by atoms with E-state index in [9.17, 15) is 9.18 Å². The number of nitrogens with zero attached hydrogens (tertiary/aromatic N) is 1. The highest BCUT2D eigenvalue weighted by molar-refractivity contribution is 5.74. The number of carbonyl (C=O) groups excluding carboxylic acids is 1. The van der Waals surface area contributed by atoms with Gasteiger partial charge in [-0.1, -0.05) is 54.6 Å². The summed E-state index contributed by atoms with van der Waals surface area (Å²) in [6, 6.07) is 21.4. The van der Waals surface area contributed by atoms with E-state index in [-0.39, 0.29) is 18.1 Å². The lowest BCUT2D eigenvalue weighted by molar-refractivity contribution is -0.129. The summed E-state index contributed by atoms with van der Waals surface area (Å²) >= 11 is 0. The van der Waals surface area contributed by atoms with Crippen molar-refractivity contribution >= 4 is 5.91 Å². The summed E-state index contributed by atoms with van der Waals surface area (Å²) in [7, 11) is 1.92. The van der Waals surface area contributed by atoms with Crippen LogP contribution in [0, 0.1) is 12.7 Å². The fourth-order valence-electron chi connectivity index (χ4n) is 3.77. The maximum atomic E-state index is 14.7. The lowest BCUT2D eigenvalue weighted by atomic mass is 9.97. The van der Waals surface area contributed by atoms with Crippen LogP contribution in [0.5, 0.6) is 5.75 Å². The highest BCUT2D eigenvalue weighted by Crippen LogP contribution is 2.27. The van der Waals surface area contributed by atoms with E-state index in [1.165, 1.54) is 11.6 Å². The average Bonchev–Trinajstić information content (AvgIpc) is 2.83. The molecule has 33 heavy (non-hydrogen) atoms. The first kappa shape index (κ1) is 24.4. The summed E-state index contributed by atoms with van der Waals surface area (Å²) in [5.74, 6) is -0.187. The predicted molar refractivity (Wildman–Crippen MR) is 127 cm³/mol. The first-order valence-electron chi connectivity index (χ1n) is 11.1. The fraction of sp³-hybridized carbons (Fsp3) is 0.296. The topological polar surface area (TPSA) is 61.8 Å². The molecule has 1 amide bonds. The number of ether oxygens (including phenoxy) is 1. The van der Waals surface area contributed by atoms with Crippen LogP contribution in [-0.2, 0) is 17.9 Å². The number of carbonyl (C=O) groups is 1. The normalized spacial score (nSPS) is 10.9. The molecule has 0 radical (unpaired) electrons. The molecule has 0 saturated heterocycles. The highest BCUT2D eigenvalue weighted by atomic mass is 19.1. The number of hydrogen-bond donors (Lipinski definition) is 2. The van der Waals surface area contributed by atoms with Crippen molar-refractivity contribution in [1.82, 2.24) is 10.4 Å². The number of amides is 1. The van der Waals surface area contributed by atoms with Crippen molar-refractivity contribution in [3.05, 3.63) is 89.2 Å². The number of unbranched alkanes of at least 4 members (excludes halogenated alkanes) is 1. The number of hydrogen-bond acceptors (Lipinski definition) is 4. The van der Waals surface area contributed by atoms with Gasteiger partial charge in [0.25, 0.3) is 0 Å². The molecule has 0 heterocycles. The minimum absolute atomic E-state index is 0.276. The second-order valence-corrected chi connectivity index (χ2v) is 8.23. The fourth-order valence-corrected chi connectivity index (χ4v) is 3.77. The van der Waals surface area contributed by atoms with E-state index >= 15 is 0 Å². The molecule has 0 aliphatic heterocycles. The number of nitrogens with one attached hydrogen (secondary N) is 1. The van der Waals surface area contributed by atoms with Crippen LogP contribution in [0.2, 0.25) is 0 Å². The monoisotopic (exact) mass is 450 g/mol. The quantitative estimate of drug-likeness (QED) is 0.230.